The summed E-state index contributed by atoms with van der Waals surface area (Å²) in [6.45, 7) is 0. The van der Waals surface area contributed by atoms with Gasteiger partial charge in [-0.15, -0.1) is 11.3 Å². The van der Waals surface area contributed by atoms with E-state index in [0.717, 1.165) is 0 Å². The molecule has 0 aliphatic heterocycles. The lowest BCUT2D eigenvalue weighted by molar-refractivity contribution is 0.597. The van der Waals surface area contributed by atoms with Gasteiger partial charge < -0.3 is 5.73 Å². The fourth-order valence-electron chi connectivity index (χ4n) is 2.56. The molecule has 7 nitrogen and oxygen atoms in total. The SMILES string of the molecule is Nc1ncnc2c1cnn2-c1cccc(CS(=O)(=O)c2cccs2)c1. The molecule has 0 fully saturated rings. The molecule has 1 aromatic carbocycles. The molecule has 2 N–H and O–H groups in total. The van der Waals surface area contributed by atoms with E-state index in [-0.39, 0.29) is 5.75 Å². The predicted molar refractivity (Wildman–Crippen MR) is 96.3 cm³/mol. The third-order valence-electron chi connectivity index (χ3n) is 3.71. The second-order valence-electron chi connectivity index (χ2n) is 5.41. The van der Waals surface area contributed by atoms with Crippen LogP contribution < -0.4 is 5.73 Å². The first-order valence-corrected chi connectivity index (χ1v) is 9.87. The van der Waals surface area contributed by atoms with Crippen LogP contribution in [0.1, 0.15) is 5.56 Å². The Bertz CT molecular complexity index is 1150. The molecule has 126 valence electrons. The molecule has 0 aliphatic rings. The third-order valence-corrected chi connectivity index (χ3v) is 6.88. The summed E-state index contributed by atoms with van der Waals surface area (Å²) >= 11 is 1.22. The average molecular weight is 371 g/mol. The lowest BCUT2D eigenvalue weighted by Crippen LogP contribution is -2.04. The van der Waals surface area contributed by atoms with Crippen LogP contribution in [0.25, 0.3) is 16.7 Å². The van der Waals surface area contributed by atoms with Crippen LogP contribution in [-0.4, -0.2) is 28.2 Å². The molecule has 0 spiro atoms. The smallest absolute Gasteiger partial charge is 0.191 e. The molecule has 0 radical (unpaired) electrons. The Morgan fingerprint density at radius 3 is 2.84 bits per heavy atom. The fraction of sp³-hybridized carbons (Fsp3) is 0.0625. The maximum atomic E-state index is 12.5. The van der Waals surface area contributed by atoms with Gasteiger partial charge in [0, 0.05) is 0 Å². The summed E-state index contributed by atoms with van der Waals surface area (Å²) < 4.78 is 26.9. The van der Waals surface area contributed by atoms with Crippen LogP contribution in [-0.2, 0) is 15.6 Å². The van der Waals surface area contributed by atoms with Gasteiger partial charge in [-0.05, 0) is 29.1 Å². The maximum absolute atomic E-state index is 12.5. The Balaban J connectivity index is 1.73. The van der Waals surface area contributed by atoms with Crippen molar-refractivity contribution in [3.05, 3.63) is 59.9 Å². The molecule has 0 bridgehead atoms. The summed E-state index contributed by atoms with van der Waals surface area (Å²) in [6, 6.07) is 10.6. The van der Waals surface area contributed by atoms with Gasteiger partial charge in [0.1, 0.15) is 16.4 Å². The zero-order valence-electron chi connectivity index (χ0n) is 12.9. The molecule has 3 heterocycles. The van der Waals surface area contributed by atoms with Crippen molar-refractivity contribution < 1.29 is 8.42 Å². The van der Waals surface area contributed by atoms with E-state index in [0.29, 0.717) is 32.3 Å². The van der Waals surface area contributed by atoms with Crippen molar-refractivity contribution in [3.63, 3.8) is 0 Å². The molecule has 25 heavy (non-hydrogen) atoms. The lowest BCUT2D eigenvalue weighted by Gasteiger charge is -2.07. The molecule has 0 atom stereocenters. The van der Waals surface area contributed by atoms with Crippen LogP contribution in [0.5, 0.6) is 0 Å². The highest BCUT2D eigenvalue weighted by Gasteiger charge is 2.17. The zero-order chi connectivity index (χ0) is 17.4. The number of anilines is 1. The van der Waals surface area contributed by atoms with Crippen molar-refractivity contribution in [2.24, 2.45) is 0 Å². The second-order valence-corrected chi connectivity index (χ2v) is 8.58. The van der Waals surface area contributed by atoms with E-state index in [1.807, 2.05) is 6.07 Å². The number of nitrogen functional groups attached to an aromatic ring is 1. The Kier molecular flexibility index (Phi) is 3.74. The lowest BCUT2D eigenvalue weighted by atomic mass is 10.2. The minimum Gasteiger partial charge on any atom is -0.383 e. The van der Waals surface area contributed by atoms with Crippen molar-refractivity contribution in [2.45, 2.75) is 9.96 Å². The highest BCUT2D eigenvalue weighted by molar-refractivity contribution is 7.92. The molecule has 4 aromatic rings. The quantitative estimate of drug-likeness (QED) is 0.591. The van der Waals surface area contributed by atoms with Crippen LogP contribution in [0.4, 0.5) is 5.82 Å². The Morgan fingerprint density at radius 2 is 2.04 bits per heavy atom. The minimum absolute atomic E-state index is 0.0717. The van der Waals surface area contributed by atoms with E-state index in [4.69, 9.17) is 5.73 Å². The van der Waals surface area contributed by atoms with Gasteiger partial charge in [-0.2, -0.15) is 5.10 Å². The molecule has 0 amide bonds. The standard InChI is InChI=1S/C16H13N5O2S2/c17-15-13-8-20-21(16(13)19-10-18-15)12-4-1-3-11(7-12)9-25(22,23)14-5-2-6-24-14/h1-8,10H,9H2,(H2,17,18,19). The summed E-state index contributed by atoms with van der Waals surface area (Å²) in [5.74, 6) is 0.283. The number of nitrogens with two attached hydrogens (primary N) is 1. The highest BCUT2D eigenvalue weighted by atomic mass is 32.2. The molecule has 9 heteroatoms. The summed E-state index contributed by atoms with van der Waals surface area (Å²) in [5, 5.41) is 6.71. The second kappa shape index (κ2) is 5.94. The fourth-order valence-corrected chi connectivity index (χ4v) is 4.98. The average Bonchev–Trinajstić information content (AvgIpc) is 3.26. The number of thiophene rings is 1. The summed E-state index contributed by atoms with van der Waals surface area (Å²) in [5.41, 5.74) is 7.80. The largest absolute Gasteiger partial charge is 0.383 e. The molecule has 3 aromatic heterocycles. The van der Waals surface area contributed by atoms with E-state index < -0.39 is 9.84 Å². The van der Waals surface area contributed by atoms with Gasteiger partial charge in [0.05, 0.1) is 23.0 Å². The Hall–Kier alpha value is -2.78. The van der Waals surface area contributed by atoms with Gasteiger partial charge in [0.2, 0.25) is 0 Å². The van der Waals surface area contributed by atoms with Crippen LogP contribution in [0, 0.1) is 0 Å². The van der Waals surface area contributed by atoms with Gasteiger partial charge in [0.25, 0.3) is 0 Å². The monoisotopic (exact) mass is 371 g/mol. The molecular weight excluding hydrogens is 358 g/mol. The van der Waals surface area contributed by atoms with Crippen molar-refractivity contribution in [3.8, 4) is 5.69 Å². The topological polar surface area (TPSA) is 104 Å². The number of aromatic nitrogens is 4. The van der Waals surface area contributed by atoms with Crippen LogP contribution in [0.2, 0.25) is 0 Å². The zero-order valence-corrected chi connectivity index (χ0v) is 14.5. The minimum atomic E-state index is -3.36. The van der Waals surface area contributed by atoms with Gasteiger partial charge in [-0.25, -0.2) is 23.1 Å². The summed E-state index contributed by atoms with van der Waals surface area (Å²) in [7, 11) is -3.36. The maximum Gasteiger partial charge on any atom is 0.191 e. The summed E-state index contributed by atoms with van der Waals surface area (Å²) in [6.07, 6.45) is 2.97. The molecule has 0 aliphatic carbocycles. The van der Waals surface area contributed by atoms with E-state index >= 15 is 0 Å². The number of benzene rings is 1. The molecule has 4 rings (SSSR count). The van der Waals surface area contributed by atoms with Crippen LogP contribution >= 0.6 is 11.3 Å². The first-order chi connectivity index (χ1) is 12.0. The number of hydrogen-bond acceptors (Lipinski definition) is 7. The normalized spacial score (nSPS) is 11.8. The Labute approximate surface area is 147 Å². The first kappa shape index (κ1) is 15.7. The van der Waals surface area contributed by atoms with Crippen molar-refractivity contribution in [1.29, 1.82) is 0 Å². The van der Waals surface area contributed by atoms with Crippen LogP contribution in [0.3, 0.4) is 0 Å². The highest BCUT2D eigenvalue weighted by Crippen LogP contribution is 2.24. The van der Waals surface area contributed by atoms with Gasteiger partial charge in [-0.1, -0.05) is 18.2 Å². The molecular formula is C16H13N5O2S2. The van der Waals surface area contributed by atoms with Gasteiger partial charge in [0.15, 0.2) is 15.5 Å². The molecule has 0 saturated heterocycles. The van der Waals surface area contributed by atoms with Crippen molar-refractivity contribution in [1.82, 2.24) is 19.7 Å². The van der Waals surface area contributed by atoms with Crippen molar-refractivity contribution in [2.75, 3.05) is 5.73 Å². The number of rotatable bonds is 4. The number of hydrogen-bond donors (Lipinski definition) is 1. The van der Waals surface area contributed by atoms with Crippen molar-refractivity contribution >= 4 is 38.0 Å². The first-order valence-electron chi connectivity index (χ1n) is 7.34. The number of fused-ring (bicyclic) bond motifs is 1. The third kappa shape index (κ3) is 2.87. The Morgan fingerprint density at radius 1 is 1.16 bits per heavy atom. The van der Waals surface area contributed by atoms with Crippen LogP contribution in [0.15, 0.2) is 58.5 Å². The van der Waals surface area contributed by atoms with E-state index in [9.17, 15) is 8.42 Å². The molecule has 0 saturated carbocycles. The molecule has 0 unspecified atom stereocenters. The van der Waals surface area contributed by atoms with Gasteiger partial charge >= 0.3 is 0 Å². The predicted octanol–water partition coefficient (Wildman–Crippen LogP) is 2.43. The number of sulfone groups is 1. The number of nitrogens with zero attached hydrogens (tertiary/aromatic N) is 4. The summed E-state index contributed by atoms with van der Waals surface area (Å²) in [4.78, 5) is 8.16. The van der Waals surface area contributed by atoms with E-state index in [1.165, 1.54) is 17.7 Å². The van der Waals surface area contributed by atoms with Gasteiger partial charge in [-0.3, -0.25) is 0 Å². The van der Waals surface area contributed by atoms with E-state index in [1.54, 1.807) is 46.6 Å². The van der Waals surface area contributed by atoms with E-state index in [2.05, 4.69) is 15.1 Å².